The van der Waals surface area contributed by atoms with E-state index in [-0.39, 0.29) is 11.8 Å². The van der Waals surface area contributed by atoms with Crippen molar-refractivity contribution in [2.24, 2.45) is 5.92 Å². The third-order valence-corrected chi connectivity index (χ3v) is 4.67. The summed E-state index contributed by atoms with van der Waals surface area (Å²) in [6, 6.07) is 0. The smallest absolute Gasteiger partial charge is 0.234 e. The molecule has 1 fully saturated rings. The van der Waals surface area contributed by atoms with E-state index in [0.717, 1.165) is 28.6 Å². The van der Waals surface area contributed by atoms with Crippen molar-refractivity contribution >= 4 is 22.2 Å². The lowest BCUT2D eigenvalue weighted by Gasteiger charge is -2.11. The average molecular weight is 293 g/mol. The molecule has 2 aromatic rings. The van der Waals surface area contributed by atoms with Crippen LogP contribution >= 0.6 is 11.3 Å². The number of hydrogen-bond acceptors (Lipinski definition) is 5. The first-order chi connectivity index (χ1) is 9.72. The van der Waals surface area contributed by atoms with Gasteiger partial charge in [-0.3, -0.25) is 4.79 Å². The van der Waals surface area contributed by atoms with Gasteiger partial charge in [-0.1, -0.05) is 25.2 Å². The molecule has 1 saturated carbocycles. The van der Waals surface area contributed by atoms with Crippen molar-refractivity contribution in [3.8, 4) is 0 Å². The van der Waals surface area contributed by atoms with E-state index in [2.05, 4.69) is 20.6 Å². The van der Waals surface area contributed by atoms with Crippen LogP contribution in [0, 0.1) is 5.92 Å². The van der Waals surface area contributed by atoms with E-state index in [1.54, 1.807) is 0 Å². The second-order valence-corrected chi connectivity index (χ2v) is 6.29. The number of aromatic nitrogens is 4. The van der Waals surface area contributed by atoms with Crippen LogP contribution in [0.25, 0.3) is 4.96 Å². The number of carbonyl (C=O) groups is 1. The van der Waals surface area contributed by atoms with Crippen LogP contribution in [0.3, 0.4) is 0 Å². The number of carbonyl (C=O) groups excluding carboxylic acids is 1. The van der Waals surface area contributed by atoms with E-state index in [4.69, 9.17) is 0 Å². The van der Waals surface area contributed by atoms with E-state index in [9.17, 15) is 4.79 Å². The number of fused-ring (bicyclic) bond motifs is 1. The van der Waals surface area contributed by atoms with Gasteiger partial charge in [0.25, 0.3) is 0 Å². The molecule has 2 heterocycles. The number of rotatable bonds is 6. The minimum Gasteiger partial charge on any atom is -0.349 e. The van der Waals surface area contributed by atoms with Gasteiger partial charge in [0.2, 0.25) is 10.9 Å². The number of nitrogens with zero attached hydrogens (tertiary/aromatic N) is 4. The molecule has 0 spiro atoms. The van der Waals surface area contributed by atoms with E-state index in [0.29, 0.717) is 12.5 Å². The van der Waals surface area contributed by atoms with Gasteiger partial charge in [0.1, 0.15) is 5.01 Å². The summed E-state index contributed by atoms with van der Waals surface area (Å²) < 4.78 is 1.83. The van der Waals surface area contributed by atoms with Crippen molar-refractivity contribution in [3.05, 3.63) is 10.8 Å². The van der Waals surface area contributed by atoms with Gasteiger partial charge in [-0.15, -0.1) is 10.2 Å². The summed E-state index contributed by atoms with van der Waals surface area (Å²) in [5.74, 6) is 1.71. The van der Waals surface area contributed by atoms with Crippen LogP contribution < -0.4 is 5.32 Å². The van der Waals surface area contributed by atoms with Gasteiger partial charge in [0, 0.05) is 11.8 Å². The Labute approximate surface area is 121 Å². The first-order valence-corrected chi connectivity index (χ1v) is 8.03. The Morgan fingerprint density at radius 2 is 2.15 bits per heavy atom. The highest BCUT2D eigenvalue weighted by atomic mass is 32.1. The van der Waals surface area contributed by atoms with Crippen molar-refractivity contribution in [2.45, 2.75) is 52.0 Å². The van der Waals surface area contributed by atoms with Crippen LogP contribution in [0.4, 0.5) is 0 Å². The molecule has 2 aromatic heterocycles. The zero-order chi connectivity index (χ0) is 14.1. The minimum atomic E-state index is 0.0998. The molecule has 1 aliphatic rings. The second kappa shape index (κ2) is 5.47. The summed E-state index contributed by atoms with van der Waals surface area (Å²) in [6.45, 7) is 4.56. The molecule has 108 valence electrons. The van der Waals surface area contributed by atoms with Crippen LogP contribution in [0.1, 0.15) is 56.3 Å². The molecule has 0 saturated heterocycles. The molecule has 0 bridgehead atoms. The molecule has 0 radical (unpaired) electrons. The summed E-state index contributed by atoms with van der Waals surface area (Å²) in [6.07, 6.45) is 4.11. The van der Waals surface area contributed by atoms with Gasteiger partial charge in [0.05, 0.1) is 6.54 Å². The number of hydrogen-bond donors (Lipinski definition) is 1. The fourth-order valence-electron chi connectivity index (χ4n) is 2.31. The zero-order valence-electron chi connectivity index (χ0n) is 11.8. The molecule has 1 aliphatic carbocycles. The van der Waals surface area contributed by atoms with Crippen LogP contribution in [0.5, 0.6) is 0 Å². The summed E-state index contributed by atoms with van der Waals surface area (Å²) >= 11 is 1.50. The molecule has 7 heteroatoms. The van der Waals surface area contributed by atoms with E-state index < -0.39 is 0 Å². The highest BCUT2D eigenvalue weighted by Gasteiger charge is 2.30. The second-order valence-electron chi connectivity index (χ2n) is 5.25. The molecular weight excluding hydrogens is 274 g/mol. The minimum absolute atomic E-state index is 0.0998. The molecule has 20 heavy (non-hydrogen) atoms. The first-order valence-electron chi connectivity index (χ1n) is 7.21. The van der Waals surface area contributed by atoms with Crippen molar-refractivity contribution in [1.82, 2.24) is 25.1 Å². The Balaban J connectivity index is 1.67. The number of amides is 1. The lowest BCUT2D eigenvalue weighted by Crippen LogP contribution is -2.29. The molecule has 0 atom stereocenters. The van der Waals surface area contributed by atoms with Gasteiger partial charge in [-0.2, -0.15) is 9.61 Å². The predicted octanol–water partition coefficient (Wildman–Crippen LogP) is 2.12. The lowest BCUT2D eigenvalue weighted by atomic mass is 10.0. The highest BCUT2D eigenvalue weighted by molar-refractivity contribution is 7.16. The third-order valence-electron chi connectivity index (χ3n) is 3.77. The largest absolute Gasteiger partial charge is 0.349 e. The van der Waals surface area contributed by atoms with E-state index in [1.165, 1.54) is 24.2 Å². The lowest BCUT2D eigenvalue weighted by molar-refractivity contribution is -0.125. The van der Waals surface area contributed by atoms with Crippen molar-refractivity contribution in [1.29, 1.82) is 0 Å². The average Bonchev–Trinajstić information content (AvgIpc) is 3.08. The van der Waals surface area contributed by atoms with E-state index in [1.807, 2.05) is 18.4 Å². The summed E-state index contributed by atoms with van der Waals surface area (Å²) in [4.78, 5) is 12.8. The Morgan fingerprint density at radius 3 is 2.80 bits per heavy atom. The molecule has 0 aromatic carbocycles. The highest BCUT2D eigenvalue weighted by Crippen LogP contribution is 2.39. The van der Waals surface area contributed by atoms with Crippen molar-refractivity contribution < 1.29 is 4.79 Å². The quantitative estimate of drug-likeness (QED) is 0.885. The maximum Gasteiger partial charge on any atom is 0.234 e. The van der Waals surface area contributed by atoms with Gasteiger partial charge < -0.3 is 5.32 Å². The zero-order valence-corrected chi connectivity index (χ0v) is 12.6. The van der Waals surface area contributed by atoms with Crippen LogP contribution in [0.2, 0.25) is 0 Å². The molecule has 0 aliphatic heterocycles. The fraction of sp³-hybridized carbons (Fsp3) is 0.692. The molecular formula is C13H19N5OS. The fourth-order valence-corrected chi connectivity index (χ4v) is 3.09. The normalized spacial score (nSPS) is 15.2. The summed E-state index contributed by atoms with van der Waals surface area (Å²) in [5, 5.41) is 16.7. The molecule has 6 nitrogen and oxygen atoms in total. The maximum atomic E-state index is 11.9. The Hall–Kier alpha value is -1.50. The standard InChI is InChI=1S/C13H19N5OS/c1-3-8(4-2)12(19)14-7-10-17-18-11(9-5-6-9)15-16-13(18)20-10/h8-9H,3-7H2,1-2H3,(H,14,19). The SMILES string of the molecule is CCC(CC)C(=O)NCc1nn2c(C3CC3)nnc2s1. The third kappa shape index (κ3) is 2.54. The molecule has 0 unspecified atom stereocenters. The Bertz CT molecular complexity index is 611. The Kier molecular flexibility index (Phi) is 3.69. The van der Waals surface area contributed by atoms with Gasteiger partial charge in [-0.05, 0) is 25.7 Å². The van der Waals surface area contributed by atoms with Crippen LogP contribution in [0.15, 0.2) is 0 Å². The van der Waals surface area contributed by atoms with Crippen LogP contribution in [-0.4, -0.2) is 25.7 Å². The summed E-state index contributed by atoms with van der Waals surface area (Å²) in [7, 11) is 0. The van der Waals surface area contributed by atoms with Crippen molar-refractivity contribution in [2.75, 3.05) is 0 Å². The Morgan fingerprint density at radius 1 is 1.40 bits per heavy atom. The van der Waals surface area contributed by atoms with Gasteiger partial charge in [0.15, 0.2) is 5.82 Å². The van der Waals surface area contributed by atoms with E-state index >= 15 is 0 Å². The maximum absolute atomic E-state index is 11.9. The monoisotopic (exact) mass is 293 g/mol. The predicted molar refractivity (Wildman–Crippen MR) is 76.6 cm³/mol. The summed E-state index contributed by atoms with van der Waals surface area (Å²) in [5.41, 5.74) is 0. The topological polar surface area (TPSA) is 72.2 Å². The molecule has 1 N–H and O–H groups in total. The number of nitrogens with one attached hydrogen (secondary N) is 1. The molecule has 1 amide bonds. The van der Waals surface area contributed by atoms with Crippen LogP contribution in [-0.2, 0) is 11.3 Å². The van der Waals surface area contributed by atoms with Crippen molar-refractivity contribution in [3.63, 3.8) is 0 Å². The molecule has 3 rings (SSSR count). The van der Waals surface area contributed by atoms with Gasteiger partial charge in [-0.25, -0.2) is 0 Å². The first kappa shape index (κ1) is 13.5. The van der Waals surface area contributed by atoms with Gasteiger partial charge >= 0.3 is 0 Å².